The third kappa shape index (κ3) is 7.29. The van der Waals surface area contributed by atoms with Gasteiger partial charge in [-0.1, -0.05) is 194 Å². The van der Waals surface area contributed by atoms with E-state index in [1.807, 2.05) is 59.1 Å². The summed E-state index contributed by atoms with van der Waals surface area (Å²) in [5, 5.41) is 2.52. The molecule has 4 aromatic heterocycles. The maximum absolute atomic E-state index is 5.23. The van der Waals surface area contributed by atoms with Gasteiger partial charge in [0.05, 0.1) is 0 Å². The predicted octanol–water partition coefficient (Wildman–Crippen LogP) is 16.8. The molecule has 16 rings (SSSR count). The van der Waals surface area contributed by atoms with Crippen molar-refractivity contribution in [2.75, 3.05) is 0 Å². The lowest BCUT2D eigenvalue weighted by Crippen LogP contribution is -2.27. The fourth-order valence-electron chi connectivity index (χ4n) is 11.0. The van der Waals surface area contributed by atoms with Crippen molar-refractivity contribution >= 4 is 42.8 Å². The van der Waals surface area contributed by atoms with E-state index in [0.717, 1.165) is 33.4 Å². The first-order valence-corrected chi connectivity index (χ1v) is 26.4. The Labute approximate surface area is 435 Å². The average molecular weight is 981 g/mol. The van der Waals surface area contributed by atoms with Gasteiger partial charge in [-0.05, 0) is 91.7 Å². The number of aromatic nitrogens is 6. The van der Waals surface area contributed by atoms with E-state index in [0.29, 0.717) is 34.9 Å². The van der Waals surface area contributed by atoms with Gasteiger partial charge in [0.25, 0.3) is 0 Å². The molecule has 0 N–H and O–H groups in total. The highest BCUT2D eigenvalue weighted by Gasteiger charge is 2.41. The molecular weight excluding hydrogens is 941 g/mol. The number of hydrogen-bond acceptors (Lipinski definition) is 8. The molecule has 3 aliphatic rings. The summed E-state index contributed by atoms with van der Waals surface area (Å²) in [6.07, 6.45) is 0. The number of nitrogens with zero attached hydrogens (tertiary/aromatic N) is 6. The van der Waals surface area contributed by atoms with Crippen molar-refractivity contribution in [3.05, 3.63) is 264 Å². The summed E-state index contributed by atoms with van der Waals surface area (Å²) in [6.45, 7) is 0. The molecule has 3 aliphatic carbocycles. The number of rotatable bonds is 8. The highest BCUT2D eigenvalue weighted by atomic mass is 32.1. The van der Waals surface area contributed by atoms with Gasteiger partial charge < -0.3 is 0 Å². The van der Waals surface area contributed by atoms with Crippen LogP contribution in [0.5, 0.6) is 0 Å². The van der Waals surface area contributed by atoms with E-state index in [-0.39, 0.29) is 11.8 Å². The van der Waals surface area contributed by atoms with Crippen LogP contribution in [0.3, 0.4) is 0 Å². The van der Waals surface area contributed by atoms with Crippen LogP contribution in [-0.2, 0) is 0 Å². The summed E-state index contributed by atoms with van der Waals surface area (Å²) in [4.78, 5) is 33.5. The zero-order valence-corrected chi connectivity index (χ0v) is 41.2. The van der Waals surface area contributed by atoms with Crippen LogP contribution in [0.15, 0.2) is 231 Å². The zero-order chi connectivity index (χ0) is 48.7. The normalized spacial score (nSPS) is 14.2. The summed E-state index contributed by atoms with van der Waals surface area (Å²) >= 11 is 3.62. The van der Waals surface area contributed by atoms with Gasteiger partial charge in [-0.15, -0.1) is 22.7 Å². The maximum Gasteiger partial charge on any atom is 0.164 e. The summed E-state index contributed by atoms with van der Waals surface area (Å²) in [5.74, 6) is 3.88. The Morgan fingerprint density at radius 3 is 0.919 bits per heavy atom. The molecular formula is C66H40N6S2. The van der Waals surface area contributed by atoms with E-state index in [4.69, 9.17) is 29.9 Å². The minimum Gasteiger partial charge on any atom is -0.208 e. The van der Waals surface area contributed by atoms with Crippen molar-refractivity contribution in [1.82, 2.24) is 29.9 Å². The molecule has 346 valence electrons. The minimum absolute atomic E-state index is 0.0137. The highest BCUT2D eigenvalue weighted by Crippen LogP contribution is 2.56. The Morgan fingerprint density at radius 2 is 0.527 bits per heavy atom. The minimum atomic E-state index is 0.0137. The molecule has 13 aromatic rings. The van der Waals surface area contributed by atoms with Gasteiger partial charge in [-0.25, -0.2) is 29.9 Å². The molecule has 2 bridgehead atoms. The van der Waals surface area contributed by atoms with Crippen molar-refractivity contribution in [3.63, 3.8) is 0 Å². The Balaban J connectivity index is 0.807. The largest absolute Gasteiger partial charge is 0.208 e. The van der Waals surface area contributed by atoms with Gasteiger partial charge in [0, 0.05) is 64.4 Å². The summed E-state index contributed by atoms with van der Waals surface area (Å²) in [6, 6.07) is 81.8. The topological polar surface area (TPSA) is 77.3 Å². The van der Waals surface area contributed by atoms with E-state index in [2.05, 4.69) is 194 Å². The maximum atomic E-state index is 5.23. The van der Waals surface area contributed by atoms with Gasteiger partial charge in [0.15, 0.2) is 34.9 Å². The van der Waals surface area contributed by atoms with Crippen molar-refractivity contribution in [3.8, 4) is 89.2 Å². The Kier molecular flexibility index (Phi) is 9.96. The molecule has 9 aromatic carbocycles. The Bertz CT molecular complexity index is 3970. The molecule has 0 fully saturated rings. The molecule has 2 atom stereocenters. The van der Waals surface area contributed by atoms with E-state index >= 15 is 0 Å². The van der Waals surface area contributed by atoms with Crippen LogP contribution in [0.1, 0.15) is 45.2 Å². The lowest BCUT2D eigenvalue weighted by atomic mass is 9.61. The lowest BCUT2D eigenvalue weighted by molar-refractivity contribution is 0.754. The van der Waals surface area contributed by atoms with Gasteiger partial charge >= 0.3 is 0 Å². The van der Waals surface area contributed by atoms with Crippen molar-refractivity contribution in [1.29, 1.82) is 0 Å². The first kappa shape index (κ1) is 42.6. The van der Waals surface area contributed by atoms with E-state index < -0.39 is 0 Å². The van der Waals surface area contributed by atoms with E-state index in [9.17, 15) is 0 Å². The molecule has 6 nitrogen and oxygen atoms in total. The molecule has 2 unspecified atom stereocenters. The molecule has 0 saturated carbocycles. The van der Waals surface area contributed by atoms with Gasteiger partial charge in [0.2, 0.25) is 0 Å². The van der Waals surface area contributed by atoms with Gasteiger partial charge in [-0.2, -0.15) is 0 Å². The smallest absolute Gasteiger partial charge is 0.164 e. The standard InChI is InChI=1S/C66H40N6S2/c1-3-13-41(14-4-1)61-67-63(43-27-23-39(24-28-43)57-37-45-17-7-11-21-55(45)73-57)71-65(69-61)47-31-33-51-53(35-47)59-49-19-9-10-20-50(49)60(51)54-36-48(32-34-52(54)59)66-70-62(42-15-5-2-6-16-42)68-64(72-66)44-29-25-40(26-30-44)58-38-46-18-8-12-22-56(46)74-58/h1-38,59-60H. The number of fused-ring (bicyclic) bond motifs is 2. The Morgan fingerprint density at radius 1 is 0.230 bits per heavy atom. The average Bonchev–Trinajstić information content (AvgIpc) is 4.14. The number of hydrogen-bond donors (Lipinski definition) is 0. The predicted molar refractivity (Wildman–Crippen MR) is 302 cm³/mol. The fraction of sp³-hybridized carbons (Fsp3) is 0.0303. The third-order valence-corrected chi connectivity index (χ3v) is 16.9. The quantitative estimate of drug-likeness (QED) is 0.151. The zero-order valence-electron chi connectivity index (χ0n) is 39.6. The molecule has 0 radical (unpaired) electrons. The van der Waals surface area contributed by atoms with Crippen LogP contribution in [0.2, 0.25) is 0 Å². The molecule has 8 heteroatoms. The number of thiophene rings is 2. The first-order chi connectivity index (χ1) is 36.6. The van der Waals surface area contributed by atoms with Crippen LogP contribution in [0, 0.1) is 0 Å². The SMILES string of the molecule is c1ccc(-c2nc(-c3ccc(-c4cc5ccccc5s4)cc3)nc(-c3ccc4c(c3)C3c5ccccc5C4c4cc(-c5nc(-c6ccccc6)nc(-c6ccc(-c7cc8ccccc8s7)cc6)n5)ccc43)n2)cc1. The lowest BCUT2D eigenvalue weighted by Gasteiger charge is -2.42. The monoisotopic (exact) mass is 980 g/mol. The second-order valence-electron chi connectivity index (χ2n) is 19.0. The van der Waals surface area contributed by atoms with Crippen molar-refractivity contribution in [2.45, 2.75) is 11.8 Å². The third-order valence-electron chi connectivity index (χ3n) is 14.6. The van der Waals surface area contributed by atoms with E-state index in [1.165, 1.54) is 74.4 Å². The first-order valence-electron chi connectivity index (χ1n) is 24.8. The van der Waals surface area contributed by atoms with Crippen LogP contribution < -0.4 is 0 Å². The van der Waals surface area contributed by atoms with Gasteiger partial charge in [-0.3, -0.25) is 0 Å². The summed E-state index contributed by atoms with van der Waals surface area (Å²) < 4.78 is 2.56. The molecule has 4 heterocycles. The molecule has 0 amide bonds. The molecule has 74 heavy (non-hydrogen) atoms. The van der Waals surface area contributed by atoms with Gasteiger partial charge in [0.1, 0.15) is 0 Å². The second-order valence-corrected chi connectivity index (χ2v) is 21.1. The van der Waals surface area contributed by atoms with E-state index in [1.54, 1.807) is 0 Å². The van der Waals surface area contributed by atoms with Crippen LogP contribution in [0.4, 0.5) is 0 Å². The van der Waals surface area contributed by atoms with Crippen molar-refractivity contribution < 1.29 is 0 Å². The van der Waals surface area contributed by atoms with Crippen LogP contribution >= 0.6 is 22.7 Å². The van der Waals surface area contributed by atoms with Crippen molar-refractivity contribution in [2.24, 2.45) is 0 Å². The summed E-state index contributed by atoms with van der Waals surface area (Å²) in [7, 11) is 0. The fourth-order valence-corrected chi connectivity index (χ4v) is 13.1. The Hall–Kier alpha value is -9.08. The molecule has 0 aliphatic heterocycles. The number of benzene rings is 9. The highest BCUT2D eigenvalue weighted by molar-refractivity contribution is 7.22. The van der Waals surface area contributed by atoms with Crippen LogP contribution in [-0.4, -0.2) is 29.9 Å². The van der Waals surface area contributed by atoms with Crippen LogP contribution in [0.25, 0.3) is 109 Å². The molecule has 0 saturated heterocycles. The summed E-state index contributed by atoms with van der Waals surface area (Å²) in [5.41, 5.74) is 15.8. The second kappa shape index (κ2) is 17.3. The molecule has 0 spiro atoms.